The van der Waals surface area contributed by atoms with E-state index in [1.807, 2.05) is 37.3 Å². The lowest BCUT2D eigenvalue weighted by atomic mass is 9.97. The number of carbonyl (C=O) groups excluding carboxylic acids is 1. The maximum absolute atomic E-state index is 12.0. The van der Waals surface area contributed by atoms with E-state index in [-0.39, 0.29) is 18.4 Å². The van der Waals surface area contributed by atoms with E-state index in [4.69, 9.17) is 11.6 Å². The molecule has 2 N–H and O–H groups in total. The van der Waals surface area contributed by atoms with E-state index < -0.39 is 6.10 Å². The number of nitrogens with one attached hydrogen (secondary N) is 1. The van der Waals surface area contributed by atoms with Crippen LogP contribution in [0.3, 0.4) is 0 Å². The topological polar surface area (TPSA) is 49.3 Å². The molecule has 0 fully saturated rings. The van der Waals surface area contributed by atoms with Gasteiger partial charge >= 0.3 is 0 Å². The van der Waals surface area contributed by atoms with Crippen molar-refractivity contribution in [3.8, 4) is 0 Å². The van der Waals surface area contributed by atoms with Gasteiger partial charge in [-0.15, -0.1) is 0 Å². The van der Waals surface area contributed by atoms with Crippen LogP contribution in [0.2, 0.25) is 5.02 Å². The first kappa shape index (κ1) is 16.5. The normalized spacial score (nSPS) is 13.4. The molecule has 0 spiro atoms. The van der Waals surface area contributed by atoms with Gasteiger partial charge < -0.3 is 10.4 Å². The van der Waals surface area contributed by atoms with Crippen LogP contribution in [0.4, 0.5) is 0 Å². The maximum Gasteiger partial charge on any atom is 0.220 e. The van der Waals surface area contributed by atoms with Crippen molar-refractivity contribution in [3.63, 3.8) is 0 Å². The molecule has 0 radical (unpaired) electrons. The Balaban J connectivity index is 1.81. The van der Waals surface area contributed by atoms with Crippen LogP contribution >= 0.6 is 11.6 Å². The fourth-order valence-electron chi connectivity index (χ4n) is 2.26. The van der Waals surface area contributed by atoms with E-state index in [9.17, 15) is 9.90 Å². The van der Waals surface area contributed by atoms with E-state index in [1.54, 1.807) is 24.3 Å². The molecular weight excluding hydrogens is 298 g/mol. The number of aliphatic hydroxyl groups excluding tert-OH is 1. The average Bonchev–Trinajstić information content (AvgIpc) is 2.54. The van der Waals surface area contributed by atoms with Crippen LogP contribution in [0.25, 0.3) is 0 Å². The molecule has 2 atom stereocenters. The van der Waals surface area contributed by atoms with Gasteiger partial charge in [-0.25, -0.2) is 0 Å². The third-order valence-electron chi connectivity index (χ3n) is 3.61. The molecule has 0 aromatic heterocycles. The number of carbonyl (C=O) groups is 1. The monoisotopic (exact) mass is 317 g/mol. The van der Waals surface area contributed by atoms with Crippen molar-refractivity contribution in [1.29, 1.82) is 0 Å². The molecular formula is C18H20ClNO2. The fourth-order valence-corrected chi connectivity index (χ4v) is 2.39. The molecule has 1 amide bonds. The van der Waals surface area contributed by atoms with Gasteiger partial charge in [-0.3, -0.25) is 4.79 Å². The minimum absolute atomic E-state index is 0.0654. The summed E-state index contributed by atoms with van der Waals surface area (Å²) >= 11 is 5.81. The van der Waals surface area contributed by atoms with Gasteiger partial charge in [0.1, 0.15) is 0 Å². The Bertz CT molecular complexity index is 598. The van der Waals surface area contributed by atoms with Gasteiger partial charge in [0, 0.05) is 18.0 Å². The van der Waals surface area contributed by atoms with Crippen molar-refractivity contribution in [2.45, 2.75) is 25.4 Å². The lowest BCUT2D eigenvalue weighted by Crippen LogP contribution is -2.29. The highest BCUT2D eigenvalue weighted by atomic mass is 35.5. The van der Waals surface area contributed by atoms with Crippen molar-refractivity contribution in [1.82, 2.24) is 5.32 Å². The summed E-state index contributed by atoms with van der Waals surface area (Å²) in [6.45, 7) is 2.21. The number of hydrogen-bond acceptors (Lipinski definition) is 2. The minimum atomic E-state index is -0.728. The zero-order valence-electron chi connectivity index (χ0n) is 12.5. The third-order valence-corrected chi connectivity index (χ3v) is 3.86. The van der Waals surface area contributed by atoms with E-state index in [0.717, 1.165) is 11.1 Å². The van der Waals surface area contributed by atoms with E-state index in [1.165, 1.54) is 0 Å². The number of rotatable bonds is 6. The zero-order valence-corrected chi connectivity index (χ0v) is 13.3. The van der Waals surface area contributed by atoms with Gasteiger partial charge in [0.25, 0.3) is 0 Å². The molecule has 0 aliphatic rings. The van der Waals surface area contributed by atoms with Crippen LogP contribution in [0.5, 0.6) is 0 Å². The summed E-state index contributed by atoms with van der Waals surface area (Å²) in [5.41, 5.74) is 1.87. The highest BCUT2D eigenvalue weighted by Crippen LogP contribution is 2.19. The van der Waals surface area contributed by atoms with E-state index in [0.29, 0.717) is 11.4 Å². The second kappa shape index (κ2) is 7.97. The summed E-state index contributed by atoms with van der Waals surface area (Å²) in [5, 5.41) is 13.4. The van der Waals surface area contributed by atoms with Crippen LogP contribution in [0.1, 0.15) is 36.5 Å². The Labute approximate surface area is 135 Å². The molecule has 0 saturated heterocycles. The van der Waals surface area contributed by atoms with Gasteiger partial charge in [0.2, 0.25) is 5.91 Å². The van der Waals surface area contributed by atoms with Crippen molar-refractivity contribution >= 4 is 17.5 Å². The molecule has 0 heterocycles. The number of hydrogen-bond donors (Lipinski definition) is 2. The first-order chi connectivity index (χ1) is 10.6. The summed E-state index contributed by atoms with van der Waals surface area (Å²) in [6, 6.07) is 16.9. The molecule has 3 nitrogen and oxygen atoms in total. The predicted molar refractivity (Wildman–Crippen MR) is 88.9 cm³/mol. The molecule has 0 saturated carbocycles. The summed E-state index contributed by atoms with van der Waals surface area (Å²) in [5.74, 6) is 0.0817. The molecule has 2 aromatic carbocycles. The fraction of sp³-hybridized carbons (Fsp3) is 0.278. The molecule has 4 heteroatoms. The molecule has 2 rings (SSSR count). The average molecular weight is 318 g/mol. The zero-order chi connectivity index (χ0) is 15.9. The van der Waals surface area contributed by atoms with Gasteiger partial charge in [-0.1, -0.05) is 61.0 Å². The van der Waals surface area contributed by atoms with Crippen molar-refractivity contribution in [2.24, 2.45) is 0 Å². The van der Waals surface area contributed by atoms with Crippen molar-refractivity contribution in [3.05, 3.63) is 70.7 Å². The predicted octanol–water partition coefficient (Wildman–Crippen LogP) is 3.68. The van der Waals surface area contributed by atoms with Crippen LogP contribution in [-0.2, 0) is 4.79 Å². The largest absolute Gasteiger partial charge is 0.387 e. The molecule has 0 aliphatic carbocycles. The number of benzene rings is 2. The van der Waals surface area contributed by atoms with Gasteiger partial charge in [0.15, 0.2) is 0 Å². The standard InChI is InChI=1S/C18H20ClNO2/c1-13(14-5-3-2-4-6-14)11-18(22)20-12-17(21)15-7-9-16(19)10-8-15/h2-10,13,17,21H,11-12H2,1H3,(H,20,22). The lowest BCUT2D eigenvalue weighted by molar-refractivity contribution is -0.121. The Morgan fingerprint density at radius 2 is 1.73 bits per heavy atom. The van der Waals surface area contributed by atoms with E-state index in [2.05, 4.69) is 5.32 Å². The maximum atomic E-state index is 12.0. The number of aliphatic hydroxyl groups is 1. The first-order valence-electron chi connectivity index (χ1n) is 7.31. The second-order valence-corrected chi connectivity index (χ2v) is 5.82. The summed E-state index contributed by atoms with van der Waals surface area (Å²) in [6.07, 6.45) is -0.328. The highest BCUT2D eigenvalue weighted by Gasteiger charge is 2.13. The molecule has 2 aromatic rings. The lowest BCUT2D eigenvalue weighted by Gasteiger charge is -2.15. The van der Waals surface area contributed by atoms with Crippen LogP contribution in [-0.4, -0.2) is 17.6 Å². The molecule has 22 heavy (non-hydrogen) atoms. The smallest absolute Gasteiger partial charge is 0.220 e. The van der Waals surface area contributed by atoms with Crippen LogP contribution < -0.4 is 5.32 Å². The number of amides is 1. The quantitative estimate of drug-likeness (QED) is 0.853. The minimum Gasteiger partial charge on any atom is -0.387 e. The Morgan fingerprint density at radius 1 is 1.09 bits per heavy atom. The van der Waals surface area contributed by atoms with E-state index >= 15 is 0 Å². The summed E-state index contributed by atoms with van der Waals surface area (Å²) in [4.78, 5) is 12.0. The van der Waals surface area contributed by atoms with Gasteiger partial charge in [-0.05, 0) is 29.2 Å². The SMILES string of the molecule is CC(CC(=O)NCC(O)c1ccc(Cl)cc1)c1ccccc1. The first-order valence-corrected chi connectivity index (χ1v) is 7.69. The third kappa shape index (κ3) is 4.86. The summed E-state index contributed by atoms with van der Waals surface area (Å²) in [7, 11) is 0. The van der Waals surface area contributed by atoms with Crippen molar-refractivity contribution < 1.29 is 9.90 Å². The molecule has 2 unspecified atom stereocenters. The Kier molecular flexibility index (Phi) is 5.99. The van der Waals surface area contributed by atoms with Gasteiger partial charge in [-0.2, -0.15) is 0 Å². The Morgan fingerprint density at radius 3 is 2.36 bits per heavy atom. The summed E-state index contributed by atoms with van der Waals surface area (Å²) < 4.78 is 0. The molecule has 0 aliphatic heterocycles. The van der Waals surface area contributed by atoms with Crippen LogP contribution in [0.15, 0.2) is 54.6 Å². The second-order valence-electron chi connectivity index (χ2n) is 5.39. The Hall–Kier alpha value is -1.84. The van der Waals surface area contributed by atoms with Crippen LogP contribution in [0, 0.1) is 0 Å². The highest BCUT2D eigenvalue weighted by molar-refractivity contribution is 6.30. The molecule has 0 bridgehead atoms. The number of halogens is 1. The van der Waals surface area contributed by atoms with Crippen molar-refractivity contribution in [2.75, 3.05) is 6.54 Å². The molecule has 116 valence electrons. The van der Waals surface area contributed by atoms with Gasteiger partial charge in [0.05, 0.1) is 6.10 Å².